The summed E-state index contributed by atoms with van der Waals surface area (Å²) in [7, 11) is 0. The van der Waals surface area contributed by atoms with Gasteiger partial charge >= 0.3 is 0 Å². The molecule has 4 heteroatoms. The Bertz CT molecular complexity index is 436. The number of amidine groups is 1. The van der Waals surface area contributed by atoms with Crippen LogP contribution in [0.25, 0.3) is 6.20 Å². The van der Waals surface area contributed by atoms with Gasteiger partial charge in [-0.1, -0.05) is 6.08 Å². The molecular weight excluding hydrogens is 212 g/mol. The summed E-state index contributed by atoms with van der Waals surface area (Å²) in [6, 6.07) is 0. The molecule has 1 aromatic rings. The maximum absolute atomic E-state index is 4.71. The molecule has 0 amide bonds. The van der Waals surface area contributed by atoms with Crippen molar-refractivity contribution in [2.24, 2.45) is 4.99 Å². The summed E-state index contributed by atoms with van der Waals surface area (Å²) in [5, 5.41) is 4.29. The van der Waals surface area contributed by atoms with Crippen LogP contribution in [0.2, 0.25) is 0 Å². The predicted octanol–water partition coefficient (Wildman–Crippen LogP) is 2.83. The first-order chi connectivity index (χ1) is 8.22. The highest BCUT2D eigenvalue weighted by molar-refractivity contribution is 5.82. The summed E-state index contributed by atoms with van der Waals surface area (Å²) in [4.78, 5) is 7.05. The van der Waals surface area contributed by atoms with E-state index in [4.69, 9.17) is 4.99 Å². The van der Waals surface area contributed by atoms with Crippen molar-refractivity contribution in [3.05, 3.63) is 17.8 Å². The molecule has 0 bridgehead atoms. The fourth-order valence-electron chi connectivity index (χ4n) is 2.10. The monoisotopic (exact) mass is 232 g/mol. The zero-order chi connectivity index (χ0) is 12.3. The lowest BCUT2D eigenvalue weighted by Gasteiger charge is -2.16. The molecule has 2 heterocycles. The van der Waals surface area contributed by atoms with Gasteiger partial charge in [-0.15, -0.1) is 0 Å². The van der Waals surface area contributed by atoms with Gasteiger partial charge in [0.05, 0.1) is 6.20 Å². The second-order valence-electron chi connectivity index (χ2n) is 4.43. The van der Waals surface area contributed by atoms with Gasteiger partial charge in [0.1, 0.15) is 5.84 Å². The number of allylic oxidation sites excluding steroid dienone is 1. The third kappa shape index (κ3) is 2.57. The molecule has 0 unspecified atom stereocenters. The van der Waals surface area contributed by atoms with E-state index in [0.29, 0.717) is 0 Å². The van der Waals surface area contributed by atoms with E-state index in [-0.39, 0.29) is 0 Å². The summed E-state index contributed by atoms with van der Waals surface area (Å²) in [5.41, 5.74) is 1.11. The van der Waals surface area contributed by atoms with E-state index in [1.165, 1.54) is 12.8 Å². The van der Waals surface area contributed by atoms with Crippen LogP contribution in [0, 0.1) is 6.92 Å². The maximum Gasteiger partial charge on any atom is 0.159 e. The van der Waals surface area contributed by atoms with Crippen molar-refractivity contribution >= 4 is 17.9 Å². The van der Waals surface area contributed by atoms with Crippen LogP contribution in [0.1, 0.15) is 32.3 Å². The van der Waals surface area contributed by atoms with Crippen molar-refractivity contribution in [3.63, 3.8) is 0 Å². The number of hydrogen-bond acceptors (Lipinski definition) is 2. The minimum Gasteiger partial charge on any atom is -0.360 e. The van der Waals surface area contributed by atoms with Gasteiger partial charge in [0.2, 0.25) is 0 Å². The molecular formula is C13H20N4. The van der Waals surface area contributed by atoms with Gasteiger partial charge in [-0.05, 0) is 33.6 Å². The van der Waals surface area contributed by atoms with Crippen molar-refractivity contribution < 1.29 is 0 Å². The fourth-order valence-corrected chi connectivity index (χ4v) is 2.10. The van der Waals surface area contributed by atoms with Gasteiger partial charge in [-0.3, -0.25) is 0 Å². The molecule has 0 spiro atoms. The number of aryl methyl sites for hydroxylation is 1. The average molecular weight is 232 g/mol. The lowest BCUT2D eigenvalue weighted by molar-refractivity contribution is 0.516. The molecule has 0 aromatic carbocycles. The van der Waals surface area contributed by atoms with Crippen LogP contribution in [-0.4, -0.2) is 33.6 Å². The van der Waals surface area contributed by atoms with E-state index in [0.717, 1.165) is 30.3 Å². The first-order valence-corrected chi connectivity index (χ1v) is 6.19. The third-order valence-corrected chi connectivity index (χ3v) is 3.07. The lowest BCUT2D eigenvalue weighted by atomic mass is 10.4. The van der Waals surface area contributed by atoms with E-state index in [9.17, 15) is 0 Å². The van der Waals surface area contributed by atoms with Crippen LogP contribution in [0.15, 0.2) is 17.3 Å². The molecule has 1 aliphatic rings. The number of hydrogen-bond donors (Lipinski definition) is 0. The Morgan fingerprint density at radius 2 is 2.12 bits per heavy atom. The van der Waals surface area contributed by atoms with Crippen molar-refractivity contribution in [2.45, 2.75) is 33.6 Å². The second-order valence-corrected chi connectivity index (χ2v) is 4.43. The van der Waals surface area contributed by atoms with E-state index in [1.807, 2.05) is 37.0 Å². The van der Waals surface area contributed by atoms with E-state index >= 15 is 0 Å². The average Bonchev–Trinajstić information content (AvgIpc) is 2.93. The van der Waals surface area contributed by atoms with Crippen molar-refractivity contribution in [1.29, 1.82) is 0 Å². The van der Waals surface area contributed by atoms with Gasteiger partial charge in [-0.25, -0.2) is 9.67 Å². The number of likely N-dealkylation sites (tertiary alicyclic amines) is 1. The van der Waals surface area contributed by atoms with E-state index < -0.39 is 0 Å². The Kier molecular flexibility index (Phi) is 3.61. The summed E-state index contributed by atoms with van der Waals surface area (Å²) < 4.78 is 1.83. The molecule has 4 nitrogen and oxygen atoms in total. The molecule has 1 saturated heterocycles. The Morgan fingerprint density at radius 1 is 1.41 bits per heavy atom. The van der Waals surface area contributed by atoms with Gasteiger partial charge in [0, 0.05) is 24.9 Å². The Morgan fingerprint density at radius 3 is 2.76 bits per heavy atom. The highest BCUT2D eigenvalue weighted by Crippen LogP contribution is 2.20. The third-order valence-electron chi connectivity index (χ3n) is 3.07. The lowest BCUT2D eigenvalue weighted by Crippen LogP contribution is -2.24. The molecule has 0 aliphatic carbocycles. The Hall–Kier alpha value is -1.58. The zero-order valence-electron chi connectivity index (χ0n) is 10.8. The van der Waals surface area contributed by atoms with Gasteiger partial charge in [-0.2, -0.15) is 5.10 Å². The van der Waals surface area contributed by atoms with Crippen LogP contribution in [0.4, 0.5) is 5.82 Å². The Balaban J connectivity index is 2.26. The van der Waals surface area contributed by atoms with Crippen LogP contribution < -0.4 is 0 Å². The summed E-state index contributed by atoms with van der Waals surface area (Å²) >= 11 is 0. The van der Waals surface area contributed by atoms with Crippen molar-refractivity contribution in [1.82, 2.24) is 14.7 Å². The maximum atomic E-state index is 4.71. The molecule has 0 atom stereocenters. The summed E-state index contributed by atoms with van der Waals surface area (Å²) in [6.45, 7) is 8.37. The van der Waals surface area contributed by atoms with Gasteiger partial charge in [0.15, 0.2) is 5.82 Å². The van der Waals surface area contributed by atoms with E-state index in [1.54, 1.807) is 0 Å². The highest BCUT2D eigenvalue weighted by Gasteiger charge is 2.13. The molecule has 2 rings (SSSR count). The standard InChI is InChI=1S/C13H20N4/c1-4-7-17-13(11(2)10-14-17)15-12(3)16-8-5-6-9-16/h4,7,10H,5-6,8-9H2,1-3H3/b7-4-,15-12?. The van der Waals surface area contributed by atoms with Crippen LogP contribution >= 0.6 is 0 Å². The highest BCUT2D eigenvalue weighted by atomic mass is 15.3. The quantitative estimate of drug-likeness (QED) is 0.580. The predicted molar refractivity (Wildman–Crippen MR) is 71.5 cm³/mol. The molecule has 0 N–H and O–H groups in total. The molecule has 1 aromatic heterocycles. The van der Waals surface area contributed by atoms with Crippen molar-refractivity contribution in [2.75, 3.05) is 13.1 Å². The van der Waals surface area contributed by atoms with E-state index in [2.05, 4.69) is 16.9 Å². The van der Waals surface area contributed by atoms with Gasteiger partial charge in [0.25, 0.3) is 0 Å². The molecule has 1 fully saturated rings. The molecule has 17 heavy (non-hydrogen) atoms. The summed E-state index contributed by atoms with van der Waals surface area (Å²) in [6.07, 6.45) is 8.32. The zero-order valence-corrected chi connectivity index (χ0v) is 10.8. The first kappa shape index (κ1) is 11.9. The summed E-state index contributed by atoms with van der Waals surface area (Å²) in [5.74, 6) is 2.03. The largest absolute Gasteiger partial charge is 0.360 e. The molecule has 92 valence electrons. The number of rotatable bonds is 2. The molecule has 0 radical (unpaired) electrons. The normalized spacial score (nSPS) is 17.4. The second kappa shape index (κ2) is 5.17. The molecule has 1 aliphatic heterocycles. The van der Waals surface area contributed by atoms with Gasteiger partial charge < -0.3 is 4.90 Å². The number of nitrogens with zero attached hydrogens (tertiary/aromatic N) is 4. The fraction of sp³-hybridized carbons (Fsp3) is 0.538. The minimum atomic E-state index is 0.938. The van der Waals surface area contributed by atoms with Crippen LogP contribution in [0.5, 0.6) is 0 Å². The minimum absolute atomic E-state index is 0.938. The number of aliphatic imine (C=N–C) groups is 1. The van der Waals surface area contributed by atoms with Crippen LogP contribution in [0.3, 0.4) is 0 Å². The smallest absolute Gasteiger partial charge is 0.159 e. The SMILES string of the molecule is C/C=C\n1ncc(C)c1N=C(C)N1CCCC1. The first-order valence-electron chi connectivity index (χ1n) is 6.19. The Labute approximate surface area is 103 Å². The van der Waals surface area contributed by atoms with Crippen molar-refractivity contribution in [3.8, 4) is 0 Å². The topological polar surface area (TPSA) is 33.4 Å². The molecule has 0 saturated carbocycles. The van der Waals surface area contributed by atoms with Crippen LogP contribution in [-0.2, 0) is 0 Å². The number of aromatic nitrogens is 2.